The molecule has 35 heavy (non-hydrogen) atoms. The molecule has 4 aromatic rings. The van der Waals surface area contributed by atoms with Gasteiger partial charge in [0.05, 0.1) is 17.8 Å². The highest BCUT2D eigenvalue weighted by molar-refractivity contribution is 5.94. The third-order valence-electron chi connectivity index (χ3n) is 6.93. The maximum absolute atomic E-state index is 13.3. The van der Waals surface area contributed by atoms with Gasteiger partial charge in [-0.25, -0.2) is 4.68 Å². The van der Waals surface area contributed by atoms with Gasteiger partial charge in [-0.05, 0) is 68.1 Å². The van der Waals surface area contributed by atoms with Crippen molar-refractivity contribution in [1.29, 1.82) is 0 Å². The van der Waals surface area contributed by atoms with E-state index in [1.165, 1.54) is 5.56 Å². The predicted octanol–water partition coefficient (Wildman–Crippen LogP) is 5.38. The van der Waals surface area contributed by atoms with Gasteiger partial charge in [-0.3, -0.25) is 9.69 Å². The zero-order chi connectivity index (χ0) is 24.2. The minimum atomic E-state index is -0.0211. The molecule has 0 saturated carbocycles. The number of para-hydroxylation sites is 2. The van der Waals surface area contributed by atoms with Gasteiger partial charge in [-0.2, -0.15) is 5.10 Å². The van der Waals surface area contributed by atoms with E-state index in [1.54, 1.807) is 0 Å². The highest BCUT2D eigenvalue weighted by Gasteiger charge is 2.28. The molecule has 2 aromatic carbocycles. The Hall–Kier alpha value is -3.64. The van der Waals surface area contributed by atoms with Crippen LogP contribution in [0.5, 0.6) is 0 Å². The van der Waals surface area contributed by atoms with Crippen molar-refractivity contribution in [1.82, 2.24) is 19.2 Å². The number of rotatable bonds is 7. The largest absolute Gasteiger partial charge is 0.325 e. The van der Waals surface area contributed by atoms with Crippen molar-refractivity contribution in [3.63, 3.8) is 0 Å². The van der Waals surface area contributed by atoms with E-state index in [2.05, 4.69) is 71.4 Å². The number of nitrogens with one attached hydrogen (secondary N) is 1. The fraction of sp³-hybridized carbons (Fsp3) is 0.310. The van der Waals surface area contributed by atoms with Crippen LogP contribution in [0.3, 0.4) is 0 Å². The molecule has 5 rings (SSSR count). The molecule has 1 fully saturated rings. The van der Waals surface area contributed by atoms with Gasteiger partial charge in [0.25, 0.3) is 0 Å². The summed E-state index contributed by atoms with van der Waals surface area (Å²) in [7, 11) is 0. The number of anilines is 1. The average Bonchev–Trinajstić information content (AvgIpc) is 3.56. The summed E-state index contributed by atoms with van der Waals surface area (Å²) in [6, 6.07) is 20.5. The van der Waals surface area contributed by atoms with Gasteiger partial charge in [0.15, 0.2) is 0 Å². The van der Waals surface area contributed by atoms with Gasteiger partial charge in [0, 0.05) is 36.7 Å². The Morgan fingerprint density at radius 2 is 1.83 bits per heavy atom. The number of hydrogen-bond donors (Lipinski definition) is 1. The van der Waals surface area contributed by atoms with Crippen LogP contribution in [0.15, 0.2) is 79.3 Å². The molecule has 0 bridgehead atoms. The Kier molecular flexibility index (Phi) is 6.82. The number of carbonyl (C=O) groups is 1. The Morgan fingerprint density at radius 3 is 2.60 bits per heavy atom. The van der Waals surface area contributed by atoms with Gasteiger partial charge in [0.1, 0.15) is 5.82 Å². The minimum absolute atomic E-state index is 0.0211. The number of aryl methyl sites for hydroxylation is 2. The van der Waals surface area contributed by atoms with Crippen LogP contribution in [0.2, 0.25) is 0 Å². The average molecular weight is 468 g/mol. The normalized spacial score (nSPS) is 16.3. The van der Waals surface area contributed by atoms with E-state index < -0.39 is 0 Å². The zero-order valence-corrected chi connectivity index (χ0v) is 20.5. The predicted molar refractivity (Wildman–Crippen MR) is 140 cm³/mol. The molecule has 1 aliphatic heterocycles. The van der Waals surface area contributed by atoms with E-state index in [0.29, 0.717) is 0 Å². The van der Waals surface area contributed by atoms with E-state index in [1.807, 2.05) is 41.2 Å². The van der Waals surface area contributed by atoms with E-state index in [9.17, 15) is 4.79 Å². The van der Waals surface area contributed by atoms with Crippen LogP contribution in [0, 0.1) is 12.8 Å². The smallest absolute Gasteiger partial charge is 0.228 e. The lowest BCUT2D eigenvalue weighted by Gasteiger charge is -2.32. The molecule has 0 radical (unpaired) electrons. The Labute approximate surface area is 207 Å². The Balaban J connectivity index is 1.34. The van der Waals surface area contributed by atoms with Crippen LogP contribution in [0.25, 0.3) is 11.5 Å². The number of aromatic nitrogens is 3. The maximum Gasteiger partial charge on any atom is 0.228 e. The van der Waals surface area contributed by atoms with E-state index >= 15 is 0 Å². The summed E-state index contributed by atoms with van der Waals surface area (Å²) < 4.78 is 4.11. The molecule has 1 unspecified atom stereocenters. The summed E-state index contributed by atoms with van der Waals surface area (Å²) in [5.41, 5.74) is 5.48. The van der Waals surface area contributed by atoms with E-state index in [-0.39, 0.29) is 11.8 Å². The number of nitrogens with zero attached hydrogens (tertiary/aromatic N) is 4. The number of likely N-dealkylation sites (tertiary alicyclic amines) is 1. The lowest BCUT2D eigenvalue weighted by Crippen LogP contribution is -2.40. The zero-order valence-electron chi connectivity index (χ0n) is 20.5. The van der Waals surface area contributed by atoms with Gasteiger partial charge in [-0.15, -0.1) is 0 Å². The van der Waals surface area contributed by atoms with Crippen molar-refractivity contribution in [2.75, 3.05) is 18.4 Å². The molecule has 0 aliphatic carbocycles. The second kappa shape index (κ2) is 10.3. The summed E-state index contributed by atoms with van der Waals surface area (Å²) in [6.45, 7) is 6.69. The molecule has 0 spiro atoms. The highest BCUT2D eigenvalue weighted by atomic mass is 16.1. The van der Waals surface area contributed by atoms with Gasteiger partial charge < -0.3 is 9.88 Å². The van der Waals surface area contributed by atoms with Crippen molar-refractivity contribution >= 4 is 11.6 Å². The second-order valence-corrected chi connectivity index (χ2v) is 9.36. The molecule has 180 valence electrons. The van der Waals surface area contributed by atoms with Gasteiger partial charge in [0.2, 0.25) is 5.91 Å². The van der Waals surface area contributed by atoms with E-state index in [4.69, 9.17) is 5.10 Å². The quantitative estimate of drug-likeness (QED) is 0.397. The molecular weight excluding hydrogens is 434 g/mol. The van der Waals surface area contributed by atoms with Crippen molar-refractivity contribution in [3.05, 3.63) is 95.9 Å². The third-order valence-corrected chi connectivity index (χ3v) is 6.93. The standard InChI is InChI=1S/C29H33N5O/c1-3-23-12-9-11-22(2)27(23)31-28(35)24-13-10-16-32(20-24)21-25-19-30-34(26-14-5-4-6-15-26)29(25)33-17-7-8-18-33/h4-9,11-12,14-15,17-19,24H,3,10,13,16,20-21H2,1-2H3,(H,31,35). The van der Waals surface area contributed by atoms with Gasteiger partial charge in [-0.1, -0.05) is 43.3 Å². The summed E-state index contributed by atoms with van der Waals surface area (Å²) >= 11 is 0. The first kappa shape index (κ1) is 23.1. The fourth-order valence-corrected chi connectivity index (χ4v) is 5.08. The van der Waals surface area contributed by atoms with Crippen LogP contribution >= 0.6 is 0 Å². The molecule has 3 heterocycles. The van der Waals surface area contributed by atoms with Crippen LogP contribution in [0.4, 0.5) is 5.69 Å². The number of carbonyl (C=O) groups excluding carboxylic acids is 1. The number of piperidine rings is 1. The SMILES string of the molecule is CCc1cccc(C)c1NC(=O)C1CCCN(Cc2cnn(-c3ccccc3)c2-n2cccc2)C1. The van der Waals surface area contributed by atoms with Crippen LogP contribution < -0.4 is 5.32 Å². The van der Waals surface area contributed by atoms with Crippen molar-refractivity contribution < 1.29 is 4.79 Å². The van der Waals surface area contributed by atoms with Crippen LogP contribution in [-0.4, -0.2) is 38.2 Å². The molecule has 1 aliphatic rings. The molecular formula is C29H33N5O. The van der Waals surface area contributed by atoms with Crippen molar-refractivity contribution in [2.24, 2.45) is 5.92 Å². The molecule has 2 aromatic heterocycles. The first-order chi connectivity index (χ1) is 17.1. The lowest BCUT2D eigenvalue weighted by atomic mass is 9.96. The first-order valence-electron chi connectivity index (χ1n) is 12.5. The number of benzene rings is 2. The summed E-state index contributed by atoms with van der Waals surface area (Å²) in [4.78, 5) is 15.7. The van der Waals surface area contributed by atoms with Crippen molar-refractivity contribution in [3.8, 4) is 11.5 Å². The molecule has 6 nitrogen and oxygen atoms in total. The third kappa shape index (κ3) is 4.93. The Morgan fingerprint density at radius 1 is 1.03 bits per heavy atom. The summed E-state index contributed by atoms with van der Waals surface area (Å²) in [5.74, 6) is 1.15. The molecule has 1 atom stereocenters. The van der Waals surface area contributed by atoms with Crippen LogP contribution in [0.1, 0.15) is 36.5 Å². The van der Waals surface area contributed by atoms with E-state index in [0.717, 1.165) is 67.2 Å². The second-order valence-electron chi connectivity index (χ2n) is 9.36. The topological polar surface area (TPSA) is 55.1 Å². The highest BCUT2D eigenvalue weighted by Crippen LogP contribution is 2.26. The monoisotopic (exact) mass is 467 g/mol. The first-order valence-corrected chi connectivity index (χ1v) is 12.5. The minimum Gasteiger partial charge on any atom is -0.325 e. The Bertz CT molecular complexity index is 1280. The number of amides is 1. The lowest BCUT2D eigenvalue weighted by molar-refractivity contribution is -0.121. The molecule has 6 heteroatoms. The molecule has 1 saturated heterocycles. The summed E-state index contributed by atoms with van der Waals surface area (Å²) in [6.07, 6.45) is 8.91. The van der Waals surface area contributed by atoms with Crippen LogP contribution in [-0.2, 0) is 17.8 Å². The van der Waals surface area contributed by atoms with Gasteiger partial charge >= 0.3 is 0 Å². The fourth-order valence-electron chi connectivity index (χ4n) is 5.08. The molecule has 1 amide bonds. The summed E-state index contributed by atoms with van der Waals surface area (Å²) in [5, 5.41) is 7.99. The van der Waals surface area contributed by atoms with Crippen molar-refractivity contribution in [2.45, 2.75) is 39.7 Å². The molecule has 1 N–H and O–H groups in total. The number of hydrogen-bond acceptors (Lipinski definition) is 3. The maximum atomic E-state index is 13.3.